The molecule has 0 bridgehead atoms. The number of carbonyl (C=O) groups excluding carboxylic acids is 1. The fourth-order valence-corrected chi connectivity index (χ4v) is 3.54. The summed E-state index contributed by atoms with van der Waals surface area (Å²) in [5.74, 6) is 0.736. The standard InChI is InChI=1S/C20H29N3O/c1-4-20(2,3)22-19(24)14-23-11-9-15(10-12-23)17-13-21-18-8-6-5-7-16(17)18/h5-8,13,15,21H,4,9-12,14H2,1-3H3,(H,22,24). The zero-order valence-corrected chi connectivity index (χ0v) is 15.1. The second-order valence-corrected chi connectivity index (χ2v) is 7.63. The summed E-state index contributed by atoms with van der Waals surface area (Å²) in [4.78, 5) is 17.9. The number of nitrogens with zero attached hydrogens (tertiary/aromatic N) is 1. The third-order valence-electron chi connectivity index (χ3n) is 5.38. The molecule has 0 aliphatic carbocycles. The van der Waals surface area contributed by atoms with Crippen molar-refractivity contribution in [2.24, 2.45) is 0 Å². The number of rotatable bonds is 5. The molecule has 3 rings (SSSR count). The Hall–Kier alpha value is -1.81. The second kappa shape index (κ2) is 6.98. The number of nitrogens with one attached hydrogen (secondary N) is 2. The van der Waals surface area contributed by atoms with Crippen molar-refractivity contribution in [2.45, 2.75) is 51.5 Å². The van der Waals surface area contributed by atoms with Crippen molar-refractivity contribution in [3.05, 3.63) is 36.0 Å². The zero-order chi connectivity index (χ0) is 17.2. The summed E-state index contributed by atoms with van der Waals surface area (Å²) >= 11 is 0. The molecule has 24 heavy (non-hydrogen) atoms. The van der Waals surface area contributed by atoms with Gasteiger partial charge in [-0.3, -0.25) is 9.69 Å². The van der Waals surface area contributed by atoms with Gasteiger partial charge in [0.25, 0.3) is 0 Å². The van der Waals surface area contributed by atoms with Crippen LogP contribution in [0.1, 0.15) is 51.5 Å². The Kier molecular flexibility index (Phi) is 4.95. The minimum Gasteiger partial charge on any atom is -0.361 e. The minimum atomic E-state index is -0.112. The maximum atomic E-state index is 12.2. The Morgan fingerprint density at radius 3 is 2.71 bits per heavy atom. The summed E-state index contributed by atoms with van der Waals surface area (Å²) in [5, 5.41) is 4.48. The van der Waals surface area contributed by atoms with E-state index in [4.69, 9.17) is 0 Å². The van der Waals surface area contributed by atoms with Gasteiger partial charge in [0.05, 0.1) is 6.54 Å². The average Bonchev–Trinajstić information content (AvgIpc) is 2.99. The molecule has 0 radical (unpaired) electrons. The topological polar surface area (TPSA) is 48.1 Å². The van der Waals surface area contributed by atoms with Gasteiger partial charge in [-0.25, -0.2) is 0 Å². The quantitative estimate of drug-likeness (QED) is 0.880. The third kappa shape index (κ3) is 3.81. The maximum absolute atomic E-state index is 12.2. The van der Waals surface area contributed by atoms with Crippen LogP contribution in [0.25, 0.3) is 10.9 Å². The van der Waals surface area contributed by atoms with Crippen LogP contribution in [0, 0.1) is 0 Å². The molecule has 0 spiro atoms. The Morgan fingerprint density at radius 2 is 2.00 bits per heavy atom. The lowest BCUT2D eigenvalue weighted by Gasteiger charge is -2.33. The SMILES string of the molecule is CCC(C)(C)NC(=O)CN1CCC(c2c[nH]c3ccccc23)CC1. The smallest absolute Gasteiger partial charge is 0.234 e. The van der Waals surface area contributed by atoms with E-state index in [9.17, 15) is 4.79 Å². The van der Waals surface area contributed by atoms with Gasteiger partial charge in [0.15, 0.2) is 0 Å². The predicted molar refractivity (Wildman–Crippen MR) is 99.2 cm³/mol. The third-order valence-corrected chi connectivity index (χ3v) is 5.38. The van der Waals surface area contributed by atoms with Gasteiger partial charge in [-0.2, -0.15) is 0 Å². The van der Waals surface area contributed by atoms with Gasteiger partial charge in [0.2, 0.25) is 5.91 Å². The molecular formula is C20H29N3O. The molecule has 1 amide bonds. The Labute approximate surface area is 144 Å². The van der Waals surface area contributed by atoms with Gasteiger partial charge in [-0.05, 0) is 63.7 Å². The van der Waals surface area contributed by atoms with E-state index >= 15 is 0 Å². The van der Waals surface area contributed by atoms with Crippen LogP contribution in [0.15, 0.2) is 30.5 Å². The molecule has 1 aromatic carbocycles. The van der Waals surface area contributed by atoms with E-state index < -0.39 is 0 Å². The van der Waals surface area contributed by atoms with Crippen LogP contribution in [0.5, 0.6) is 0 Å². The van der Waals surface area contributed by atoms with Crippen molar-refractivity contribution in [2.75, 3.05) is 19.6 Å². The highest BCUT2D eigenvalue weighted by Crippen LogP contribution is 2.32. The monoisotopic (exact) mass is 327 g/mol. The van der Waals surface area contributed by atoms with Crippen LogP contribution < -0.4 is 5.32 Å². The number of hydrogen-bond donors (Lipinski definition) is 2. The lowest BCUT2D eigenvalue weighted by molar-refractivity contribution is -0.124. The van der Waals surface area contributed by atoms with E-state index in [0.717, 1.165) is 32.4 Å². The Bertz CT molecular complexity index is 696. The zero-order valence-electron chi connectivity index (χ0n) is 15.1. The van der Waals surface area contributed by atoms with Crippen LogP contribution >= 0.6 is 0 Å². The van der Waals surface area contributed by atoms with E-state index in [1.165, 1.54) is 16.5 Å². The number of para-hydroxylation sites is 1. The lowest BCUT2D eigenvalue weighted by Crippen LogP contribution is -2.48. The first-order valence-electron chi connectivity index (χ1n) is 9.08. The molecule has 2 N–H and O–H groups in total. The van der Waals surface area contributed by atoms with Crippen molar-refractivity contribution in [3.63, 3.8) is 0 Å². The van der Waals surface area contributed by atoms with Gasteiger partial charge < -0.3 is 10.3 Å². The van der Waals surface area contributed by atoms with Crippen LogP contribution in [0.3, 0.4) is 0 Å². The first kappa shape index (κ1) is 17.0. The Balaban J connectivity index is 1.55. The van der Waals surface area contributed by atoms with Crippen LogP contribution in [-0.4, -0.2) is 41.0 Å². The fourth-order valence-electron chi connectivity index (χ4n) is 3.54. The average molecular weight is 327 g/mol. The molecule has 0 unspecified atom stereocenters. The van der Waals surface area contributed by atoms with Crippen LogP contribution in [0.2, 0.25) is 0 Å². The van der Waals surface area contributed by atoms with E-state index in [-0.39, 0.29) is 11.4 Å². The number of benzene rings is 1. The molecule has 0 atom stereocenters. The highest BCUT2D eigenvalue weighted by atomic mass is 16.2. The maximum Gasteiger partial charge on any atom is 0.234 e. The molecule has 2 aromatic rings. The number of piperidine rings is 1. The van der Waals surface area contributed by atoms with E-state index in [1.54, 1.807) is 0 Å². The molecule has 1 aliphatic rings. The first-order valence-corrected chi connectivity index (χ1v) is 9.08. The summed E-state index contributed by atoms with van der Waals surface area (Å²) in [6.07, 6.45) is 5.35. The molecule has 1 fully saturated rings. The summed E-state index contributed by atoms with van der Waals surface area (Å²) in [6, 6.07) is 8.51. The van der Waals surface area contributed by atoms with E-state index in [1.807, 2.05) is 0 Å². The summed E-state index contributed by atoms with van der Waals surface area (Å²) < 4.78 is 0. The highest BCUT2D eigenvalue weighted by molar-refractivity contribution is 5.83. The van der Waals surface area contributed by atoms with E-state index in [2.05, 4.69) is 66.4 Å². The molecule has 1 aromatic heterocycles. The number of amides is 1. The normalized spacial score (nSPS) is 17.3. The first-order chi connectivity index (χ1) is 11.5. The van der Waals surface area contributed by atoms with Gasteiger partial charge in [0.1, 0.15) is 0 Å². The molecule has 4 nitrogen and oxygen atoms in total. The van der Waals surface area contributed by atoms with Crippen molar-refractivity contribution in [1.29, 1.82) is 0 Å². The van der Waals surface area contributed by atoms with Gasteiger partial charge in [-0.1, -0.05) is 25.1 Å². The molecule has 1 aliphatic heterocycles. The van der Waals surface area contributed by atoms with Gasteiger partial charge >= 0.3 is 0 Å². The molecular weight excluding hydrogens is 298 g/mol. The van der Waals surface area contributed by atoms with E-state index in [0.29, 0.717) is 12.5 Å². The second-order valence-electron chi connectivity index (χ2n) is 7.63. The van der Waals surface area contributed by atoms with Crippen molar-refractivity contribution in [3.8, 4) is 0 Å². The highest BCUT2D eigenvalue weighted by Gasteiger charge is 2.25. The van der Waals surface area contributed by atoms with Gasteiger partial charge in [0, 0.05) is 22.6 Å². The largest absolute Gasteiger partial charge is 0.361 e. The number of carbonyl (C=O) groups is 1. The number of aromatic amines is 1. The minimum absolute atomic E-state index is 0.112. The number of aromatic nitrogens is 1. The molecule has 2 heterocycles. The number of likely N-dealkylation sites (tertiary alicyclic amines) is 1. The fraction of sp³-hybridized carbons (Fsp3) is 0.550. The summed E-state index contributed by atoms with van der Waals surface area (Å²) in [6.45, 7) is 8.76. The number of fused-ring (bicyclic) bond motifs is 1. The Morgan fingerprint density at radius 1 is 1.29 bits per heavy atom. The molecule has 1 saturated heterocycles. The predicted octanol–water partition coefficient (Wildman–Crippen LogP) is 3.65. The van der Waals surface area contributed by atoms with Crippen LogP contribution in [-0.2, 0) is 4.79 Å². The summed E-state index contributed by atoms with van der Waals surface area (Å²) in [5.41, 5.74) is 2.54. The summed E-state index contributed by atoms with van der Waals surface area (Å²) in [7, 11) is 0. The van der Waals surface area contributed by atoms with Crippen LogP contribution in [0.4, 0.5) is 0 Å². The lowest BCUT2D eigenvalue weighted by atomic mass is 9.89. The van der Waals surface area contributed by atoms with Gasteiger partial charge in [-0.15, -0.1) is 0 Å². The molecule has 130 valence electrons. The number of hydrogen-bond acceptors (Lipinski definition) is 2. The number of H-pyrrole nitrogens is 1. The molecule has 0 saturated carbocycles. The molecule has 4 heteroatoms. The van der Waals surface area contributed by atoms with Crippen molar-refractivity contribution >= 4 is 16.8 Å². The van der Waals surface area contributed by atoms with Crippen molar-refractivity contribution in [1.82, 2.24) is 15.2 Å². The van der Waals surface area contributed by atoms with Crippen molar-refractivity contribution < 1.29 is 4.79 Å².